The summed E-state index contributed by atoms with van der Waals surface area (Å²) in [4.78, 5) is 4.45. The normalized spacial score (nSPS) is 18.2. The maximum absolute atomic E-state index is 14.4. The molecule has 4 nitrogen and oxygen atoms in total. The second kappa shape index (κ2) is 9.26. The van der Waals surface area contributed by atoms with Crippen molar-refractivity contribution < 1.29 is 22.3 Å². The van der Waals surface area contributed by atoms with Gasteiger partial charge < -0.3 is 4.74 Å². The third-order valence-corrected chi connectivity index (χ3v) is 6.10. The molecular formula is C23H16Cl3F4N3O. The number of ether oxygens (including phenoxy) is 1. The summed E-state index contributed by atoms with van der Waals surface area (Å²) in [6, 6.07) is 14.1. The van der Waals surface area contributed by atoms with Gasteiger partial charge in [-0.15, -0.1) is 0 Å². The van der Waals surface area contributed by atoms with Gasteiger partial charge in [-0.2, -0.15) is 18.6 Å². The van der Waals surface area contributed by atoms with Crippen LogP contribution < -0.4 is 10.2 Å². The van der Waals surface area contributed by atoms with Crippen molar-refractivity contribution in [1.82, 2.24) is 10.4 Å². The number of hydrazine groups is 1. The van der Waals surface area contributed by atoms with Crippen molar-refractivity contribution in [2.75, 3.05) is 7.05 Å². The number of hydrogen-bond acceptors (Lipinski definition) is 4. The lowest BCUT2D eigenvalue weighted by atomic mass is 10.1. The molecule has 3 aromatic rings. The van der Waals surface area contributed by atoms with E-state index in [2.05, 4.69) is 10.4 Å². The van der Waals surface area contributed by atoms with Gasteiger partial charge in [-0.1, -0.05) is 46.9 Å². The number of nitrogens with one attached hydrogen (secondary N) is 1. The topological polar surface area (TPSA) is 36.9 Å². The first kappa shape index (κ1) is 24.6. The number of aliphatic imine (C=N–C) groups is 1. The Balaban J connectivity index is 1.50. The van der Waals surface area contributed by atoms with Crippen molar-refractivity contribution in [2.24, 2.45) is 4.99 Å². The molecule has 0 radical (unpaired) electrons. The molecule has 3 aromatic carbocycles. The summed E-state index contributed by atoms with van der Waals surface area (Å²) in [5.74, 6) is 0.300. The predicted octanol–water partition coefficient (Wildman–Crippen LogP) is 6.98. The third-order valence-electron chi connectivity index (χ3n) is 5.07. The van der Waals surface area contributed by atoms with E-state index in [1.54, 1.807) is 36.3 Å². The Bertz CT molecular complexity index is 1230. The molecule has 11 heteroatoms. The summed E-state index contributed by atoms with van der Waals surface area (Å²) in [6.45, 7) is -0.0186. The van der Waals surface area contributed by atoms with Gasteiger partial charge in [0.15, 0.2) is 0 Å². The van der Waals surface area contributed by atoms with E-state index in [1.807, 2.05) is 0 Å². The number of hydrogen-bond donors (Lipinski definition) is 1. The molecule has 0 spiro atoms. The molecule has 1 aliphatic heterocycles. The minimum absolute atomic E-state index is 0.00792. The van der Waals surface area contributed by atoms with Gasteiger partial charge in [-0.25, -0.2) is 9.38 Å². The SMILES string of the molecule is CN1NC(Cl)(c2c(F)cccc2Cl)N=C1c1ccc(OCc2ccc(C(F)(F)F)cc2Cl)cc1. The van der Waals surface area contributed by atoms with E-state index in [0.29, 0.717) is 22.7 Å². The molecule has 0 aromatic heterocycles. The molecule has 1 N–H and O–H groups in total. The van der Waals surface area contributed by atoms with E-state index in [4.69, 9.17) is 39.5 Å². The van der Waals surface area contributed by atoms with E-state index in [-0.39, 0.29) is 22.2 Å². The van der Waals surface area contributed by atoms with Crippen molar-refractivity contribution in [1.29, 1.82) is 0 Å². The van der Waals surface area contributed by atoms with Gasteiger partial charge in [-0.3, -0.25) is 5.01 Å². The zero-order valence-electron chi connectivity index (χ0n) is 17.4. The van der Waals surface area contributed by atoms with E-state index in [9.17, 15) is 17.6 Å². The number of rotatable bonds is 5. The molecule has 1 heterocycles. The standard InChI is InChI=1S/C23H16Cl3F4N3O/c1-33-21(31-22(26,32-33)20-17(24)3-2-4-19(20)27)13-6-9-16(10-7-13)34-12-14-5-8-15(11-18(14)25)23(28,29)30/h2-11,32H,12H2,1H3. The van der Waals surface area contributed by atoms with Gasteiger partial charge in [0.2, 0.25) is 5.12 Å². The molecule has 0 amide bonds. The Morgan fingerprint density at radius 1 is 1.03 bits per heavy atom. The van der Waals surface area contributed by atoms with Crippen LogP contribution in [0.5, 0.6) is 5.75 Å². The Morgan fingerprint density at radius 3 is 2.35 bits per heavy atom. The van der Waals surface area contributed by atoms with Crippen LogP contribution >= 0.6 is 34.8 Å². The largest absolute Gasteiger partial charge is 0.489 e. The van der Waals surface area contributed by atoms with Crippen LogP contribution in [0.1, 0.15) is 22.3 Å². The maximum atomic E-state index is 14.4. The first-order valence-electron chi connectivity index (χ1n) is 9.81. The smallest absolute Gasteiger partial charge is 0.416 e. The molecule has 34 heavy (non-hydrogen) atoms. The van der Waals surface area contributed by atoms with Crippen molar-refractivity contribution in [2.45, 2.75) is 17.9 Å². The molecule has 4 rings (SSSR count). The molecule has 0 bridgehead atoms. The van der Waals surface area contributed by atoms with E-state index in [0.717, 1.165) is 12.1 Å². The highest BCUT2D eigenvalue weighted by molar-refractivity contribution is 6.33. The molecule has 1 unspecified atom stereocenters. The monoisotopic (exact) mass is 531 g/mol. The minimum Gasteiger partial charge on any atom is -0.489 e. The lowest BCUT2D eigenvalue weighted by Crippen LogP contribution is -2.42. The van der Waals surface area contributed by atoms with Gasteiger partial charge in [0.25, 0.3) is 0 Å². The Labute approximate surface area is 207 Å². The highest BCUT2D eigenvalue weighted by atomic mass is 35.5. The summed E-state index contributed by atoms with van der Waals surface area (Å²) in [5.41, 5.74) is 3.16. The minimum atomic E-state index is -4.47. The summed E-state index contributed by atoms with van der Waals surface area (Å²) in [5, 5.41) is 0.0190. The molecule has 1 atom stereocenters. The molecular weight excluding hydrogens is 517 g/mol. The van der Waals surface area contributed by atoms with Crippen LogP contribution in [0.2, 0.25) is 10.0 Å². The Hall–Kier alpha value is -2.52. The van der Waals surface area contributed by atoms with Crippen LogP contribution in [-0.2, 0) is 17.9 Å². The highest BCUT2D eigenvalue weighted by Gasteiger charge is 2.41. The van der Waals surface area contributed by atoms with Gasteiger partial charge in [-0.05, 0) is 48.5 Å². The number of benzene rings is 3. The zero-order chi connectivity index (χ0) is 24.7. The van der Waals surface area contributed by atoms with E-state index in [1.165, 1.54) is 24.3 Å². The number of amidine groups is 1. The van der Waals surface area contributed by atoms with Crippen LogP contribution in [0.15, 0.2) is 65.7 Å². The first-order chi connectivity index (χ1) is 16.0. The van der Waals surface area contributed by atoms with Gasteiger partial charge in [0, 0.05) is 23.2 Å². The zero-order valence-corrected chi connectivity index (χ0v) is 19.7. The fraction of sp³-hybridized carbons (Fsp3) is 0.174. The molecule has 0 fully saturated rings. The number of alkyl halides is 4. The van der Waals surface area contributed by atoms with Crippen LogP contribution in [-0.4, -0.2) is 17.9 Å². The van der Waals surface area contributed by atoms with E-state index >= 15 is 0 Å². The second-order valence-corrected chi connectivity index (χ2v) is 8.80. The average Bonchev–Trinajstić information content (AvgIpc) is 3.07. The van der Waals surface area contributed by atoms with Crippen molar-refractivity contribution >= 4 is 40.6 Å². The fourth-order valence-electron chi connectivity index (χ4n) is 3.41. The molecule has 178 valence electrons. The summed E-state index contributed by atoms with van der Waals surface area (Å²) in [6.07, 6.45) is -4.47. The molecule has 0 aliphatic carbocycles. The number of halogens is 7. The third kappa shape index (κ3) is 4.95. The first-order valence-corrected chi connectivity index (χ1v) is 10.9. The summed E-state index contributed by atoms with van der Waals surface area (Å²) < 4.78 is 58.4. The lowest BCUT2D eigenvalue weighted by molar-refractivity contribution is -0.137. The van der Waals surface area contributed by atoms with Crippen LogP contribution in [0.25, 0.3) is 0 Å². The quantitative estimate of drug-likeness (QED) is 0.219. The summed E-state index contributed by atoms with van der Waals surface area (Å²) in [7, 11) is 1.68. The average molecular weight is 533 g/mol. The van der Waals surface area contributed by atoms with Crippen molar-refractivity contribution in [3.05, 3.63) is 98.8 Å². The van der Waals surface area contributed by atoms with Crippen molar-refractivity contribution in [3.63, 3.8) is 0 Å². The molecule has 0 saturated heterocycles. The Kier molecular flexibility index (Phi) is 6.70. The Morgan fingerprint density at radius 2 is 1.74 bits per heavy atom. The van der Waals surface area contributed by atoms with Crippen LogP contribution in [0.3, 0.4) is 0 Å². The van der Waals surface area contributed by atoms with Gasteiger partial charge >= 0.3 is 6.18 Å². The van der Waals surface area contributed by atoms with Gasteiger partial charge in [0.1, 0.15) is 24.0 Å². The van der Waals surface area contributed by atoms with Crippen LogP contribution in [0, 0.1) is 5.82 Å². The van der Waals surface area contributed by atoms with E-state index < -0.39 is 22.7 Å². The molecule has 1 aliphatic rings. The highest BCUT2D eigenvalue weighted by Crippen LogP contribution is 2.39. The second-order valence-electron chi connectivity index (χ2n) is 7.44. The summed E-state index contributed by atoms with van der Waals surface area (Å²) >= 11 is 18.7. The number of nitrogens with zero attached hydrogens (tertiary/aromatic N) is 2. The van der Waals surface area contributed by atoms with Crippen LogP contribution in [0.4, 0.5) is 17.6 Å². The molecule has 0 saturated carbocycles. The van der Waals surface area contributed by atoms with Crippen molar-refractivity contribution in [3.8, 4) is 5.75 Å². The fourth-order valence-corrected chi connectivity index (χ4v) is 4.39. The maximum Gasteiger partial charge on any atom is 0.416 e. The lowest BCUT2D eigenvalue weighted by Gasteiger charge is -2.23. The predicted molar refractivity (Wildman–Crippen MR) is 124 cm³/mol. The van der Waals surface area contributed by atoms with Gasteiger partial charge in [0.05, 0.1) is 16.1 Å².